The molecule has 0 fully saturated rings. The zero-order chi connectivity index (χ0) is 15.2. The van der Waals surface area contributed by atoms with Gasteiger partial charge in [-0.2, -0.15) is 0 Å². The molecule has 0 saturated heterocycles. The predicted molar refractivity (Wildman–Crippen MR) is 79.8 cm³/mol. The fraction of sp³-hybridized carbons (Fsp3) is 0.562. The molecule has 0 aliphatic rings. The molecule has 1 aromatic carbocycles. The molecular formula is C16H25NO3. The van der Waals surface area contributed by atoms with Crippen LogP contribution in [0.25, 0.3) is 0 Å². The largest absolute Gasteiger partial charge is 0.484 e. The van der Waals surface area contributed by atoms with E-state index in [0.29, 0.717) is 5.75 Å². The van der Waals surface area contributed by atoms with Crippen molar-refractivity contribution in [2.75, 3.05) is 13.2 Å². The SMILES string of the molecule is Cc1ccc(OCC(=O)NC(CO)CC(C)(C)C)cc1. The lowest BCUT2D eigenvalue weighted by atomic mass is 9.88. The molecule has 0 radical (unpaired) electrons. The highest BCUT2D eigenvalue weighted by Crippen LogP contribution is 2.20. The number of carbonyl (C=O) groups is 1. The number of ether oxygens (including phenoxy) is 1. The monoisotopic (exact) mass is 279 g/mol. The Bertz CT molecular complexity index is 420. The predicted octanol–water partition coefficient (Wildman–Crippen LogP) is 2.29. The highest BCUT2D eigenvalue weighted by molar-refractivity contribution is 5.77. The topological polar surface area (TPSA) is 58.6 Å². The van der Waals surface area contributed by atoms with Crippen molar-refractivity contribution in [3.8, 4) is 5.75 Å². The van der Waals surface area contributed by atoms with E-state index in [9.17, 15) is 9.90 Å². The van der Waals surface area contributed by atoms with Crippen LogP contribution in [-0.2, 0) is 4.79 Å². The summed E-state index contributed by atoms with van der Waals surface area (Å²) in [7, 11) is 0. The number of benzene rings is 1. The van der Waals surface area contributed by atoms with E-state index < -0.39 is 0 Å². The van der Waals surface area contributed by atoms with Crippen molar-refractivity contribution in [1.82, 2.24) is 5.32 Å². The number of carbonyl (C=O) groups excluding carboxylic acids is 1. The van der Waals surface area contributed by atoms with E-state index in [4.69, 9.17) is 4.74 Å². The van der Waals surface area contributed by atoms with E-state index in [-0.39, 0.29) is 30.6 Å². The van der Waals surface area contributed by atoms with Gasteiger partial charge in [0.1, 0.15) is 5.75 Å². The number of hydrogen-bond donors (Lipinski definition) is 2. The van der Waals surface area contributed by atoms with Crippen molar-refractivity contribution in [1.29, 1.82) is 0 Å². The molecule has 4 heteroatoms. The Kier molecular flexibility index (Phi) is 6.02. The average Bonchev–Trinajstić information content (AvgIpc) is 2.35. The van der Waals surface area contributed by atoms with Crippen molar-refractivity contribution in [3.63, 3.8) is 0 Å². The van der Waals surface area contributed by atoms with Gasteiger partial charge in [-0.1, -0.05) is 38.5 Å². The first kappa shape index (κ1) is 16.5. The normalized spacial score (nSPS) is 12.8. The van der Waals surface area contributed by atoms with Gasteiger partial charge < -0.3 is 15.2 Å². The zero-order valence-corrected chi connectivity index (χ0v) is 12.8. The number of aryl methyl sites for hydroxylation is 1. The molecule has 0 heterocycles. The standard InChI is InChI=1S/C16H25NO3/c1-12-5-7-14(8-6-12)20-11-15(19)17-13(10-18)9-16(2,3)4/h5-8,13,18H,9-11H2,1-4H3,(H,17,19). The molecule has 0 spiro atoms. The first-order valence-electron chi connectivity index (χ1n) is 6.90. The Balaban J connectivity index is 2.40. The van der Waals surface area contributed by atoms with Crippen LogP contribution in [0.4, 0.5) is 0 Å². The highest BCUT2D eigenvalue weighted by atomic mass is 16.5. The number of amides is 1. The minimum absolute atomic E-state index is 0.0380. The summed E-state index contributed by atoms with van der Waals surface area (Å²) in [6.07, 6.45) is 0.722. The van der Waals surface area contributed by atoms with Crippen LogP contribution in [0.2, 0.25) is 0 Å². The number of nitrogens with one attached hydrogen (secondary N) is 1. The summed E-state index contributed by atoms with van der Waals surface area (Å²) in [6.45, 7) is 8.12. The lowest BCUT2D eigenvalue weighted by Crippen LogP contribution is -2.42. The van der Waals surface area contributed by atoms with Crippen LogP contribution < -0.4 is 10.1 Å². The molecule has 1 aromatic rings. The second kappa shape index (κ2) is 7.29. The maximum Gasteiger partial charge on any atom is 0.258 e. The van der Waals surface area contributed by atoms with Crippen LogP contribution in [0.15, 0.2) is 24.3 Å². The Morgan fingerprint density at radius 2 is 1.90 bits per heavy atom. The molecule has 0 bridgehead atoms. The van der Waals surface area contributed by atoms with Crippen LogP contribution in [0.3, 0.4) is 0 Å². The molecule has 0 saturated carbocycles. The third-order valence-electron chi connectivity index (χ3n) is 2.84. The minimum atomic E-state index is -0.232. The van der Waals surface area contributed by atoms with Crippen molar-refractivity contribution in [2.24, 2.45) is 5.41 Å². The van der Waals surface area contributed by atoms with E-state index in [1.54, 1.807) is 0 Å². The summed E-state index contributed by atoms with van der Waals surface area (Å²) in [6, 6.07) is 7.30. The first-order chi connectivity index (χ1) is 9.30. The smallest absolute Gasteiger partial charge is 0.258 e. The van der Waals surface area contributed by atoms with Crippen LogP contribution in [-0.4, -0.2) is 30.3 Å². The van der Waals surface area contributed by atoms with Crippen LogP contribution >= 0.6 is 0 Å². The van der Waals surface area contributed by atoms with Crippen molar-refractivity contribution in [2.45, 2.75) is 40.2 Å². The number of aliphatic hydroxyl groups is 1. The van der Waals surface area contributed by atoms with Gasteiger partial charge in [0.25, 0.3) is 5.91 Å². The van der Waals surface area contributed by atoms with E-state index in [1.165, 1.54) is 0 Å². The summed E-state index contributed by atoms with van der Waals surface area (Å²) in [5.74, 6) is 0.455. The summed E-state index contributed by atoms with van der Waals surface area (Å²) in [4.78, 5) is 11.8. The molecule has 0 aromatic heterocycles. The maximum atomic E-state index is 11.8. The van der Waals surface area contributed by atoms with Gasteiger partial charge in [0.05, 0.1) is 12.6 Å². The Labute approximate surface area is 121 Å². The number of hydrogen-bond acceptors (Lipinski definition) is 3. The van der Waals surface area contributed by atoms with Gasteiger partial charge in [0.15, 0.2) is 6.61 Å². The Hall–Kier alpha value is -1.55. The lowest BCUT2D eigenvalue weighted by molar-refractivity contribution is -0.124. The molecule has 112 valence electrons. The van der Waals surface area contributed by atoms with Crippen LogP contribution in [0.1, 0.15) is 32.8 Å². The van der Waals surface area contributed by atoms with Gasteiger partial charge in [-0.3, -0.25) is 4.79 Å². The molecule has 1 rings (SSSR count). The minimum Gasteiger partial charge on any atom is -0.484 e. The molecule has 1 amide bonds. The summed E-state index contributed by atoms with van der Waals surface area (Å²) >= 11 is 0. The van der Waals surface area contributed by atoms with Crippen molar-refractivity contribution >= 4 is 5.91 Å². The molecule has 1 atom stereocenters. The third kappa shape index (κ3) is 6.57. The number of aliphatic hydroxyl groups excluding tert-OH is 1. The van der Waals surface area contributed by atoms with Gasteiger partial charge in [-0.15, -0.1) is 0 Å². The van der Waals surface area contributed by atoms with E-state index >= 15 is 0 Å². The highest BCUT2D eigenvalue weighted by Gasteiger charge is 2.19. The first-order valence-corrected chi connectivity index (χ1v) is 6.90. The fourth-order valence-electron chi connectivity index (χ4n) is 1.95. The van der Waals surface area contributed by atoms with Gasteiger partial charge in [-0.05, 0) is 30.9 Å². The number of rotatable bonds is 6. The van der Waals surface area contributed by atoms with E-state index in [2.05, 4.69) is 26.1 Å². The second-order valence-corrected chi connectivity index (χ2v) is 6.31. The molecular weight excluding hydrogens is 254 g/mol. The van der Waals surface area contributed by atoms with Crippen LogP contribution in [0.5, 0.6) is 5.75 Å². The van der Waals surface area contributed by atoms with E-state index in [1.807, 2.05) is 31.2 Å². The maximum absolute atomic E-state index is 11.8. The molecule has 2 N–H and O–H groups in total. The van der Waals surface area contributed by atoms with Gasteiger partial charge in [0.2, 0.25) is 0 Å². The van der Waals surface area contributed by atoms with Crippen molar-refractivity contribution < 1.29 is 14.6 Å². The van der Waals surface area contributed by atoms with E-state index in [0.717, 1.165) is 12.0 Å². The third-order valence-corrected chi connectivity index (χ3v) is 2.84. The average molecular weight is 279 g/mol. The Morgan fingerprint density at radius 1 is 1.30 bits per heavy atom. The molecule has 20 heavy (non-hydrogen) atoms. The fourth-order valence-corrected chi connectivity index (χ4v) is 1.95. The van der Waals surface area contributed by atoms with Gasteiger partial charge in [-0.25, -0.2) is 0 Å². The summed E-state index contributed by atoms with van der Waals surface area (Å²) < 4.78 is 5.40. The Morgan fingerprint density at radius 3 is 2.40 bits per heavy atom. The van der Waals surface area contributed by atoms with Crippen molar-refractivity contribution in [3.05, 3.63) is 29.8 Å². The molecule has 4 nitrogen and oxygen atoms in total. The van der Waals surface area contributed by atoms with Gasteiger partial charge >= 0.3 is 0 Å². The quantitative estimate of drug-likeness (QED) is 0.840. The molecule has 0 aliphatic heterocycles. The summed E-state index contributed by atoms with van der Waals surface area (Å²) in [5.41, 5.74) is 1.20. The molecule has 0 aliphatic carbocycles. The zero-order valence-electron chi connectivity index (χ0n) is 12.8. The molecule has 1 unspecified atom stereocenters. The lowest BCUT2D eigenvalue weighted by Gasteiger charge is -2.25. The summed E-state index contributed by atoms with van der Waals surface area (Å²) in [5, 5.41) is 12.1. The van der Waals surface area contributed by atoms with Crippen LogP contribution in [0, 0.1) is 12.3 Å². The second-order valence-electron chi connectivity index (χ2n) is 6.31. The van der Waals surface area contributed by atoms with Gasteiger partial charge in [0, 0.05) is 0 Å².